The first kappa shape index (κ1) is 21.7. The van der Waals surface area contributed by atoms with Gasteiger partial charge in [-0.3, -0.25) is 4.79 Å². The van der Waals surface area contributed by atoms with Gasteiger partial charge >= 0.3 is 6.03 Å². The van der Waals surface area contributed by atoms with Crippen LogP contribution >= 0.6 is 11.6 Å². The number of anilines is 2. The Hall–Kier alpha value is -3.78. The van der Waals surface area contributed by atoms with Crippen LogP contribution in [0.1, 0.15) is 35.4 Å². The number of aromatic nitrogens is 1. The van der Waals surface area contributed by atoms with Crippen LogP contribution in [0.4, 0.5) is 16.3 Å². The summed E-state index contributed by atoms with van der Waals surface area (Å²) in [5.41, 5.74) is 2.69. The zero-order valence-electron chi connectivity index (χ0n) is 18.9. The third kappa shape index (κ3) is 3.74. The fourth-order valence-electron chi connectivity index (χ4n) is 5.09. The number of amides is 3. The number of aryl methyl sites for hydroxylation is 1. The van der Waals surface area contributed by atoms with Gasteiger partial charge in [0.15, 0.2) is 0 Å². The van der Waals surface area contributed by atoms with E-state index in [9.17, 15) is 14.7 Å². The van der Waals surface area contributed by atoms with Crippen molar-refractivity contribution in [1.82, 2.24) is 10.3 Å². The molecule has 3 amide bonds. The Bertz CT molecular complexity index is 1370. The molecule has 3 atom stereocenters. The Morgan fingerprint density at radius 3 is 2.91 bits per heavy atom. The van der Waals surface area contributed by atoms with Crippen LogP contribution in [0.15, 0.2) is 48.7 Å². The Labute approximate surface area is 206 Å². The molecule has 2 saturated carbocycles. The van der Waals surface area contributed by atoms with Crippen LogP contribution in [0.5, 0.6) is 17.2 Å². The number of halogens is 1. The molecule has 1 aliphatic heterocycles. The molecule has 3 aromatic rings. The number of fused-ring (bicyclic) bond motifs is 2. The van der Waals surface area contributed by atoms with Gasteiger partial charge in [-0.1, -0.05) is 23.7 Å². The summed E-state index contributed by atoms with van der Waals surface area (Å²) in [7, 11) is 0. The van der Waals surface area contributed by atoms with E-state index in [2.05, 4.69) is 20.9 Å². The van der Waals surface area contributed by atoms with Crippen molar-refractivity contribution in [1.29, 1.82) is 0 Å². The maximum Gasteiger partial charge on any atom is 0.319 e. The molecule has 0 saturated heterocycles. The lowest BCUT2D eigenvalue weighted by Gasteiger charge is -2.20. The largest absolute Gasteiger partial charge is 0.508 e. The van der Waals surface area contributed by atoms with Crippen LogP contribution in [0, 0.1) is 12.8 Å². The highest BCUT2D eigenvalue weighted by atomic mass is 35.5. The van der Waals surface area contributed by atoms with E-state index >= 15 is 0 Å². The molecule has 35 heavy (non-hydrogen) atoms. The number of aromatic hydroxyl groups is 1. The van der Waals surface area contributed by atoms with E-state index in [0.717, 1.165) is 23.1 Å². The maximum absolute atomic E-state index is 12.7. The number of ether oxygens (including phenoxy) is 1. The number of hydrogen-bond donors (Lipinski definition) is 4. The van der Waals surface area contributed by atoms with Gasteiger partial charge in [-0.25, -0.2) is 9.78 Å². The van der Waals surface area contributed by atoms with Crippen LogP contribution in [0.25, 0.3) is 0 Å². The average Bonchev–Trinajstić information content (AvgIpc) is 3.68. The number of benzene rings is 2. The van der Waals surface area contributed by atoms with E-state index < -0.39 is 0 Å². The summed E-state index contributed by atoms with van der Waals surface area (Å²) < 4.78 is 6.14. The van der Waals surface area contributed by atoms with Gasteiger partial charge < -0.3 is 25.8 Å². The highest BCUT2D eigenvalue weighted by Crippen LogP contribution is 2.77. The summed E-state index contributed by atoms with van der Waals surface area (Å²) in [6.45, 7) is 1.89. The monoisotopic (exact) mass is 490 g/mol. The molecule has 0 spiro atoms. The molecule has 4 N–H and O–H groups in total. The Morgan fingerprint density at radius 2 is 2.11 bits per heavy atom. The molecule has 2 heterocycles. The van der Waals surface area contributed by atoms with E-state index in [4.69, 9.17) is 16.3 Å². The smallest absolute Gasteiger partial charge is 0.319 e. The first-order chi connectivity index (χ1) is 16.9. The lowest BCUT2D eigenvalue weighted by molar-refractivity contribution is -0.116. The lowest BCUT2D eigenvalue weighted by Crippen LogP contribution is -2.36. The number of rotatable bonds is 5. The molecule has 0 bridgehead atoms. The molecule has 8 nitrogen and oxygen atoms in total. The minimum atomic E-state index is -0.366. The number of phenols is 1. The van der Waals surface area contributed by atoms with Gasteiger partial charge in [0.25, 0.3) is 0 Å². The summed E-state index contributed by atoms with van der Waals surface area (Å²) in [6.07, 6.45) is 3.38. The van der Waals surface area contributed by atoms with Crippen LogP contribution in [0.2, 0.25) is 5.02 Å². The second-order valence-corrected chi connectivity index (χ2v) is 9.75. The fourth-order valence-corrected chi connectivity index (χ4v) is 5.36. The number of para-hydroxylation sites is 1. The van der Waals surface area contributed by atoms with E-state index in [1.807, 2.05) is 25.1 Å². The predicted molar refractivity (Wildman–Crippen MR) is 131 cm³/mol. The summed E-state index contributed by atoms with van der Waals surface area (Å²) in [5.74, 6) is 2.09. The maximum atomic E-state index is 12.7. The van der Waals surface area contributed by atoms with Crippen molar-refractivity contribution in [2.45, 2.75) is 37.6 Å². The molecule has 178 valence electrons. The second-order valence-electron chi connectivity index (χ2n) is 9.35. The van der Waals surface area contributed by atoms with Gasteiger partial charge in [0, 0.05) is 29.7 Å². The predicted octanol–water partition coefficient (Wildman–Crippen LogP) is 5.10. The zero-order valence-corrected chi connectivity index (χ0v) is 19.6. The number of pyridine rings is 1. The molecule has 3 aliphatic rings. The van der Waals surface area contributed by atoms with Crippen LogP contribution in [0.3, 0.4) is 0 Å². The van der Waals surface area contributed by atoms with Crippen molar-refractivity contribution in [3.05, 3.63) is 70.4 Å². The number of urea groups is 1. The molecule has 6 rings (SSSR count). The van der Waals surface area contributed by atoms with Crippen LogP contribution < -0.4 is 20.7 Å². The van der Waals surface area contributed by atoms with Crippen LogP contribution in [-0.2, 0) is 11.2 Å². The Morgan fingerprint density at radius 1 is 1.26 bits per heavy atom. The van der Waals surface area contributed by atoms with Gasteiger partial charge in [0.1, 0.15) is 23.1 Å². The van der Waals surface area contributed by atoms with Crippen molar-refractivity contribution < 1.29 is 19.4 Å². The number of hydrogen-bond acceptors (Lipinski definition) is 5. The van der Waals surface area contributed by atoms with Crippen molar-refractivity contribution in [3.8, 4) is 17.2 Å². The highest BCUT2D eigenvalue weighted by molar-refractivity contribution is 6.33. The van der Waals surface area contributed by atoms with E-state index in [0.29, 0.717) is 40.9 Å². The van der Waals surface area contributed by atoms with Gasteiger partial charge in [0.2, 0.25) is 5.91 Å². The normalized spacial score (nSPS) is 23.4. The molecule has 1 aromatic heterocycles. The van der Waals surface area contributed by atoms with E-state index in [-0.39, 0.29) is 35.1 Å². The van der Waals surface area contributed by atoms with Gasteiger partial charge in [-0.05, 0) is 61.6 Å². The molecule has 9 heteroatoms. The van der Waals surface area contributed by atoms with Crippen molar-refractivity contribution in [3.63, 3.8) is 0 Å². The van der Waals surface area contributed by atoms with Gasteiger partial charge in [-0.15, -0.1) is 0 Å². The number of nitrogens with zero attached hydrogens (tertiary/aromatic N) is 1. The summed E-state index contributed by atoms with van der Waals surface area (Å²) >= 11 is 6.24. The molecule has 2 fully saturated rings. The second kappa shape index (κ2) is 7.88. The third-order valence-corrected chi connectivity index (χ3v) is 7.46. The lowest BCUT2D eigenvalue weighted by atomic mass is 9.99. The average molecular weight is 491 g/mol. The highest BCUT2D eigenvalue weighted by Gasteiger charge is 2.80. The van der Waals surface area contributed by atoms with E-state index in [1.165, 1.54) is 0 Å². The quantitative estimate of drug-likeness (QED) is 0.397. The molecule has 0 radical (unpaired) electrons. The molecule has 2 aromatic carbocycles. The number of phenolic OH excluding ortho intramolecular Hbond substituents is 1. The number of nitrogens with one attached hydrogen (secondary N) is 3. The summed E-state index contributed by atoms with van der Waals surface area (Å²) in [6, 6.07) is 12.0. The van der Waals surface area contributed by atoms with Gasteiger partial charge in [-0.2, -0.15) is 0 Å². The molecular weight excluding hydrogens is 468 g/mol. The van der Waals surface area contributed by atoms with E-state index in [1.54, 1.807) is 30.5 Å². The molecular formula is C26H23ClN4O4. The molecule has 2 aliphatic carbocycles. The van der Waals surface area contributed by atoms with Crippen molar-refractivity contribution >= 4 is 35.0 Å². The first-order valence-corrected chi connectivity index (χ1v) is 11.9. The first-order valence-electron chi connectivity index (χ1n) is 11.5. The standard InChI is InChI=1S/C26H23ClN4O4/c1-13-3-2-4-18(27)23(13)30-25(34)31-26-12-17(26)22(26)16-11-14(5-7-19(16)32)35-20-9-10-28-24-15(20)6-8-21(33)29-24/h2-5,7,9-11,17,22,32H,6,8,12H2,1H3,(H,28,29,33)(H2,30,31,34)/t17-,22+,26-/m0/s1. The van der Waals surface area contributed by atoms with Crippen molar-refractivity contribution in [2.24, 2.45) is 5.92 Å². The third-order valence-electron chi connectivity index (χ3n) is 7.15. The summed E-state index contributed by atoms with van der Waals surface area (Å²) in [4.78, 5) is 28.6. The van der Waals surface area contributed by atoms with Gasteiger partial charge in [0.05, 0.1) is 16.2 Å². The van der Waals surface area contributed by atoms with Crippen LogP contribution in [-0.4, -0.2) is 27.6 Å². The number of carbonyl (C=O) groups excluding carboxylic acids is 2. The Balaban J connectivity index is 1.18. The fraction of sp³-hybridized carbons (Fsp3) is 0.269. The Kier molecular flexibility index (Phi) is 4.89. The number of carbonyl (C=O) groups is 2. The minimum Gasteiger partial charge on any atom is -0.508 e. The molecule has 0 unspecified atom stereocenters. The van der Waals surface area contributed by atoms with Crippen molar-refractivity contribution in [2.75, 3.05) is 10.6 Å². The summed E-state index contributed by atoms with van der Waals surface area (Å²) in [5, 5.41) is 19.8. The zero-order chi connectivity index (χ0) is 24.3. The SMILES string of the molecule is Cc1cccc(Cl)c1NC(=O)N[C@@]12C[C@H]1[C@H]2c1cc(Oc2ccnc3c2CCC(=O)N3)ccc1O. The minimum absolute atomic E-state index is 0.00906. The topological polar surface area (TPSA) is 113 Å².